The molecule has 0 N–H and O–H groups in total. The molecule has 1 atom stereocenters. The van der Waals surface area contributed by atoms with Crippen molar-refractivity contribution in [2.75, 3.05) is 13.2 Å². The molecule has 1 aliphatic rings. The van der Waals surface area contributed by atoms with E-state index < -0.39 is 0 Å². The van der Waals surface area contributed by atoms with Crippen LogP contribution in [0.5, 0.6) is 0 Å². The van der Waals surface area contributed by atoms with E-state index >= 15 is 0 Å². The summed E-state index contributed by atoms with van der Waals surface area (Å²) in [4.78, 5) is 11.6. The monoisotopic (exact) mass is 214 g/mol. The van der Waals surface area contributed by atoms with E-state index in [1.807, 2.05) is 20.8 Å². The van der Waals surface area contributed by atoms with Crippen molar-refractivity contribution in [2.24, 2.45) is 5.92 Å². The lowest BCUT2D eigenvalue weighted by atomic mass is 9.97. The zero-order chi connectivity index (χ0) is 11.3. The second-order valence-electron chi connectivity index (χ2n) is 5.20. The van der Waals surface area contributed by atoms with Crippen molar-refractivity contribution in [2.45, 2.75) is 52.1 Å². The molecule has 0 radical (unpaired) electrons. The van der Waals surface area contributed by atoms with Gasteiger partial charge in [-0.05, 0) is 46.0 Å². The van der Waals surface area contributed by atoms with Crippen molar-refractivity contribution in [3.05, 3.63) is 0 Å². The number of carbonyl (C=O) groups excluding carboxylic acids is 1. The van der Waals surface area contributed by atoms with E-state index in [1.165, 1.54) is 0 Å². The molecule has 3 nitrogen and oxygen atoms in total. The summed E-state index contributed by atoms with van der Waals surface area (Å²) >= 11 is 0. The second-order valence-corrected chi connectivity index (χ2v) is 5.20. The zero-order valence-corrected chi connectivity index (χ0v) is 10.0. The zero-order valence-electron chi connectivity index (χ0n) is 10.0. The first kappa shape index (κ1) is 12.5. The molecule has 3 heteroatoms. The van der Waals surface area contributed by atoms with Gasteiger partial charge in [0.1, 0.15) is 5.60 Å². The van der Waals surface area contributed by atoms with Crippen LogP contribution in [-0.2, 0) is 14.3 Å². The maximum atomic E-state index is 11.6. The Kier molecular flexibility index (Phi) is 4.58. The average molecular weight is 214 g/mol. The molecule has 1 heterocycles. The Morgan fingerprint density at radius 1 is 1.33 bits per heavy atom. The third-order valence-corrected chi connectivity index (χ3v) is 2.45. The molecule has 0 aromatic carbocycles. The van der Waals surface area contributed by atoms with E-state index in [-0.39, 0.29) is 11.6 Å². The van der Waals surface area contributed by atoms with Gasteiger partial charge in [0.2, 0.25) is 0 Å². The van der Waals surface area contributed by atoms with E-state index in [9.17, 15) is 4.79 Å². The van der Waals surface area contributed by atoms with Gasteiger partial charge in [0.25, 0.3) is 0 Å². The fraction of sp³-hybridized carbons (Fsp3) is 0.917. The third kappa shape index (κ3) is 5.78. The molecular formula is C12H22O3. The molecule has 0 aromatic rings. The van der Waals surface area contributed by atoms with Gasteiger partial charge in [0.15, 0.2) is 0 Å². The summed E-state index contributed by atoms with van der Waals surface area (Å²) in [7, 11) is 0. The highest BCUT2D eigenvalue weighted by Gasteiger charge is 2.21. The Hall–Kier alpha value is -0.570. The predicted molar refractivity (Wildman–Crippen MR) is 58.6 cm³/mol. The SMILES string of the molecule is CC(C)(C)OC(=O)CC1CCCOCC1. The van der Waals surface area contributed by atoms with Gasteiger partial charge in [-0.15, -0.1) is 0 Å². The number of esters is 1. The summed E-state index contributed by atoms with van der Waals surface area (Å²) < 4.78 is 10.7. The highest BCUT2D eigenvalue weighted by molar-refractivity contribution is 5.70. The average Bonchev–Trinajstić information content (AvgIpc) is 2.28. The Labute approximate surface area is 92.1 Å². The fourth-order valence-corrected chi connectivity index (χ4v) is 1.79. The van der Waals surface area contributed by atoms with Crippen LogP contribution in [0.1, 0.15) is 46.5 Å². The van der Waals surface area contributed by atoms with E-state index in [2.05, 4.69) is 0 Å². The van der Waals surface area contributed by atoms with Gasteiger partial charge in [-0.1, -0.05) is 0 Å². The normalized spacial score (nSPS) is 23.3. The molecule has 0 amide bonds. The summed E-state index contributed by atoms with van der Waals surface area (Å²) in [6, 6.07) is 0. The molecule has 1 saturated heterocycles. The van der Waals surface area contributed by atoms with Gasteiger partial charge in [-0.2, -0.15) is 0 Å². The van der Waals surface area contributed by atoms with Crippen molar-refractivity contribution in [3.63, 3.8) is 0 Å². The summed E-state index contributed by atoms with van der Waals surface area (Å²) in [6.07, 6.45) is 3.67. The van der Waals surface area contributed by atoms with E-state index in [1.54, 1.807) is 0 Å². The molecule has 15 heavy (non-hydrogen) atoms. The van der Waals surface area contributed by atoms with Crippen LogP contribution >= 0.6 is 0 Å². The fourth-order valence-electron chi connectivity index (χ4n) is 1.79. The van der Waals surface area contributed by atoms with E-state index in [0.717, 1.165) is 32.5 Å². The molecule has 1 unspecified atom stereocenters. The molecule has 0 aromatic heterocycles. The van der Waals surface area contributed by atoms with Gasteiger partial charge in [-0.25, -0.2) is 0 Å². The first-order valence-electron chi connectivity index (χ1n) is 5.77. The van der Waals surface area contributed by atoms with Crippen molar-refractivity contribution < 1.29 is 14.3 Å². The summed E-state index contributed by atoms with van der Waals surface area (Å²) in [5.74, 6) is 0.372. The number of ether oxygens (including phenoxy) is 2. The van der Waals surface area contributed by atoms with Gasteiger partial charge in [0.05, 0.1) is 0 Å². The predicted octanol–water partition coefficient (Wildman–Crippen LogP) is 2.53. The molecule has 0 saturated carbocycles. The van der Waals surface area contributed by atoms with Crippen LogP contribution in [0.4, 0.5) is 0 Å². The Morgan fingerprint density at radius 2 is 2.07 bits per heavy atom. The minimum Gasteiger partial charge on any atom is -0.460 e. The molecule has 1 aliphatic heterocycles. The standard InChI is InChI=1S/C12H22O3/c1-12(2,3)15-11(13)9-10-5-4-7-14-8-6-10/h10H,4-9H2,1-3H3. The first-order valence-corrected chi connectivity index (χ1v) is 5.77. The maximum Gasteiger partial charge on any atom is 0.306 e. The van der Waals surface area contributed by atoms with Gasteiger partial charge >= 0.3 is 5.97 Å². The summed E-state index contributed by atoms with van der Waals surface area (Å²) in [6.45, 7) is 7.33. The van der Waals surface area contributed by atoms with Crippen LogP contribution in [0.2, 0.25) is 0 Å². The lowest BCUT2D eigenvalue weighted by Gasteiger charge is -2.21. The number of carbonyl (C=O) groups is 1. The summed E-state index contributed by atoms with van der Waals surface area (Å²) in [5, 5.41) is 0. The van der Waals surface area contributed by atoms with E-state index in [4.69, 9.17) is 9.47 Å². The number of hydrogen-bond acceptors (Lipinski definition) is 3. The second kappa shape index (κ2) is 5.50. The van der Waals surface area contributed by atoms with Gasteiger partial charge in [0, 0.05) is 19.6 Å². The third-order valence-electron chi connectivity index (χ3n) is 2.45. The Morgan fingerprint density at radius 3 is 2.73 bits per heavy atom. The lowest BCUT2D eigenvalue weighted by molar-refractivity contribution is -0.156. The largest absolute Gasteiger partial charge is 0.460 e. The molecule has 0 aliphatic carbocycles. The van der Waals surface area contributed by atoms with E-state index in [0.29, 0.717) is 12.3 Å². The van der Waals surface area contributed by atoms with Crippen molar-refractivity contribution >= 4 is 5.97 Å². The quantitative estimate of drug-likeness (QED) is 0.663. The van der Waals surface area contributed by atoms with Crippen molar-refractivity contribution in [3.8, 4) is 0 Å². The van der Waals surface area contributed by atoms with Crippen LogP contribution in [0.3, 0.4) is 0 Å². The molecule has 0 spiro atoms. The van der Waals surface area contributed by atoms with Crippen LogP contribution < -0.4 is 0 Å². The van der Waals surface area contributed by atoms with Crippen LogP contribution in [0, 0.1) is 5.92 Å². The maximum absolute atomic E-state index is 11.6. The highest BCUT2D eigenvalue weighted by atomic mass is 16.6. The van der Waals surface area contributed by atoms with Crippen LogP contribution in [0.25, 0.3) is 0 Å². The Balaban J connectivity index is 2.30. The Bertz CT molecular complexity index is 197. The minimum atomic E-state index is -0.363. The van der Waals surface area contributed by atoms with Crippen molar-refractivity contribution in [1.82, 2.24) is 0 Å². The molecular weight excluding hydrogens is 192 g/mol. The lowest BCUT2D eigenvalue weighted by Crippen LogP contribution is -2.25. The smallest absolute Gasteiger partial charge is 0.306 e. The molecule has 1 fully saturated rings. The number of rotatable bonds is 2. The van der Waals surface area contributed by atoms with Gasteiger partial charge in [-0.3, -0.25) is 4.79 Å². The molecule has 88 valence electrons. The van der Waals surface area contributed by atoms with Crippen molar-refractivity contribution in [1.29, 1.82) is 0 Å². The van der Waals surface area contributed by atoms with Crippen LogP contribution in [-0.4, -0.2) is 24.8 Å². The number of hydrogen-bond donors (Lipinski definition) is 0. The van der Waals surface area contributed by atoms with Crippen LogP contribution in [0.15, 0.2) is 0 Å². The summed E-state index contributed by atoms with van der Waals surface area (Å²) in [5.41, 5.74) is -0.363. The topological polar surface area (TPSA) is 35.5 Å². The molecule has 1 rings (SSSR count). The first-order chi connectivity index (χ1) is 6.97. The van der Waals surface area contributed by atoms with Gasteiger partial charge < -0.3 is 9.47 Å². The molecule has 0 bridgehead atoms. The minimum absolute atomic E-state index is 0.0746. The highest BCUT2D eigenvalue weighted by Crippen LogP contribution is 2.21.